The average Bonchev–Trinajstić information content (AvgIpc) is 2.48. The molecule has 0 fully saturated rings. The topological polar surface area (TPSA) is 75.6 Å². The molecule has 1 amide bonds. The maximum Gasteiger partial charge on any atom is 0.335 e. The molecule has 0 saturated heterocycles. The second-order valence-electron chi connectivity index (χ2n) is 4.98. The Labute approximate surface area is 128 Å². The van der Waals surface area contributed by atoms with Gasteiger partial charge in [0.1, 0.15) is 5.75 Å². The molecule has 0 aliphatic carbocycles. The van der Waals surface area contributed by atoms with Gasteiger partial charge in [-0.15, -0.1) is 0 Å². The quantitative estimate of drug-likeness (QED) is 0.890. The van der Waals surface area contributed by atoms with Gasteiger partial charge in [-0.2, -0.15) is 0 Å². The van der Waals surface area contributed by atoms with Gasteiger partial charge in [0, 0.05) is 5.69 Å². The van der Waals surface area contributed by atoms with Crippen molar-refractivity contribution in [2.45, 2.75) is 13.8 Å². The summed E-state index contributed by atoms with van der Waals surface area (Å²) in [6.07, 6.45) is 0. The zero-order chi connectivity index (χ0) is 16.1. The van der Waals surface area contributed by atoms with Crippen molar-refractivity contribution >= 4 is 17.6 Å². The second kappa shape index (κ2) is 6.76. The minimum absolute atomic E-state index is 0.108. The molecule has 5 nitrogen and oxygen atoms in total. The molecule has 0 heterocycles. The van der Waals surface area contributed by atoms with Gasteiger partial charge in [0.15, 0.2) is 6.61 Å². The minimum atomic E-state index is -0.997. The molecule has 0 bridgehead atoms. The zero-order valence-electron chi connectivity index (χ0n) is 12.4. The van der Waals surface area contributed by atoms with Crippen molar-refractivity contribution in [1.29, 1.82) is 0 Å². The molecule has 0 saturated carbocycles. The van der Waals surface area contributed by atoms with Crippen LogP contribution in [0.2, 0.25) is 0 Å². The maximum absolute atomic E-state index is 11.9. The lowest BCUT2D eigenvalue weighted by atomic mass is 10.1. The normalized spacial score (nSPS) is 10.1. The molecule has 2 aromatic rings. The first-order valence-corrected chi connectivity index (χ1v) is 6.79. The number of amides is 1. The van der Waals surface area contributed by atoms with Crippen LogP contribution in [0.15, 0.2) is 42.5 Å². The Morgan fingerprint density at radius 1 is 1.09 bits per heavy atom. The molecule has 0 atom stereocenters. The van der Waals surface area contributed by atoms with Crippen LogP contribution in [0.3, 0.4) is 0 Å². The lowest BCUT2D eigenvalue weighted by Crippen LogP contribution is -2.20. The van der Waals surface area contributed by atoms with E-state index in [1.807, 2.05) is 19.1 Å². The van der Waals surface area contributed by atoms with Crippen molar-refractivity contribution in [2.24, 2.45) is 0 Å². The fourth-order valence-corrected chi connectivity index (χ4v) is 1.91. The molecular formula is C17H17NO4. The highest BCUT2D eigenvalue weighted by atomic mass is 16.5. The van der Waals surface area contributed by atoms with Gasteiger partial charge in [-0.25, -0.2) is 4.79 Å². The van der Waals surface area contributed by atoms with Crippen LogP contribution in [0.4, 0.5) is 5.69 Å². The van der Waals surface area contributed by atoms with E-state index in [1.54, 1.807) is 25.1 Å². The van der Waals surface area contributed by atoms with E-state index in [4.69, 9.17) is 9.84 Å². The lowest BCUT2D eigenvalue weighted by molar-refractivity contribution is -0.118. The molecule has 2 N–H and O–H groups in total. The van der Waals surface area contributed by atoms with E-state index in [-0.39, 0.29) is 18.1 Å². The van der Waals surface area contributed by atoms with E-state index in [2.05, 4.69) is 5.32 Å². The first-order valence-electron chi connectivity index (χ1n) is 6.79. The molecule has 0 unspecified atom stereocenters. The number of anilines is 1. The number of nitrogens with one attached hydrogen (secondary N) is 1. The molecular weight excluding hydrogens is 282 g/mol. The summed E-state index contributed by atoms with van der Waals surface area (Å²) in [4.78, 5) is 22.7. The number of ether oxygens (including phenoxy) is 1. The average molecular weight is 299 g/mol. The predicted molar refractivity (Wildman–Crippen MR) is 83.4 cm³/mol. The molecule has 5 heteroatoms. The molecule has 0 radical (unpaired) electrons. The van der Waals surface area contributed by atoms with Crippen molar-refractivity contribution < 1.29 is 19.4 Å². The van der Waals surface area contributed by atoms with Crippen LogP contribution >= 0.6 is 0 Å². The van der Waals surface area contributed by atoms with Crippen LogP contribution in [-0.4, -0.2) is 23.6 Å². The van der Waals surface area contributed by atoms with E-state index < -0.39 is 5.97 Å². The van der Waals surface area contributed by atoms with Crippen LogP contribution in [0.5, 0.6) is 5.75 Å². The predicted octanol–water partition coefficient (Wildman–Crippen LogP) is 3.02. The number of carboxylic acid groups (broad SMARTS) is 1. The van der Waals surface area contributed by atoms with E-state index in [1.165, 1.54) is 12.1 Å². The Balaban J connectivity index is 1.94. The Bertz CT molecular complexity index is 692. The van der Waals surface area contributed by atoms with Gasteiger partial charge < -0.3 is 15.2 Å². The molecule has 2 aromatic carbocycles. The van der Waals surface area contributed by atoms with Gasteiger partial charge in [-0.05, 0) is 49.7 Å². The van der Waals surface area contributed by atoms with Crippen LogP contribution in [0, 0.1) is 13.8 Å². The van der Waals surface area contributed by atoms with Gasteiger partial charge >= 0.3 is 5.97 Å². The Morgan fingerprint density at radius 3 is 2.36 bits per heavy atom. The highest BCUT2D eigenvalue weighted by Crippen LogP contribution is 2.17. The van der Waals surface area contributed by atoms with Gasteiger partial charge in [-0.1, -0.05) is 17.7 Å². The van der Waals surface area contributed by atoms with Crippen molar-refractivity contribution in [3.63, 3.8) is 0 Å². The molecule has 0 aliphatic rings. The van der Waals surface area contributed by atoms with Crippen molar-refractivity contribution in [1.82, 2.24) is 0 Å². The maximum atomic E-state index is 11.9. The number of hydrogen-bond donors (Lipinski definition) is 2. The Kier molecular flexibility index (Phi) is 4.78. The van der Waals surface area contributed by atoms with E-state index in [9.17, 15) is 9.59 Å². The molecule has 0 aliphatic heterocycles. The second-order valence-corrected chi connectivity index (χ2v) is 4.98. The molecule has 2 rings (SSSR count). The van der Waals surface area contributed by atoms with Crippen LogP contribution in [-0.2, 0) is 4.79 Å². The zero-order valence-corrected chi connectivity index (χ0v) is 12.4. The van der Waals surface area contributed by atoms with E-state index >= 15 is 0 Å². The third kappa shape index (κ3) is 4.09. The van der Waals surface area contributed by atoms with Gasteiger partial charge in [0.05, 0.1) is 5.56 Å². The number of hydrogen-bond acceptors (Lipinski definition) is 3. The molecule has 0 spiro atoms. The highest BCUT2D eigenvalue weighted by molar-refractivity contribution is 5.94. The summed E-state index contributed by atoms with van der Waals surface area (Å²) in [5, 5.41) is 11.6. The summed E-state index contributed by atoms with van der Waals surface area (Å²) in [6, 6.07) is 11.9. The summed E-state index contributed by atoms with van der Waals surface area (Å²) in [5.41, 5.74) is 2.56. The number of aryl methyl sites for hydroxylation is 2. The fourth-order valence-electron chi connectivity index (χ4n) is 1.91. The Hall–Kier alpha value is -2.82. The van der Waals surface area contributed by atoms with Gasteiger partial charge in [0.2, 0.25) is 0 Å². The number of carbonyl (C=O) groups is 2. The highest BCUT2D eigenvalue weighted by Gasteiger charge is 2.09. The van der Waals surface area contributed by atoms with Crippen molar-refractivity contribution in [3.8, 4) is 5.75 Å². The lowest BCUT2D eigenvalue weighted by Gasteiger charge is -2.10. The first kappa shape index (κ1) is 15.6. The number of aromatic carboxylic acids is 1. The third-order valence-corrected chi connectivity index (χ3v) is 3.14. The standard InChI is InChI=1S/C17H17NO4/c1-11-3-6-14(7-4-11)22-10-16(19)18-15-8-5-13(17(20)21)9-12(15)2/h3-9H,10H2,1-2H3,(H,18,19)(H,20,21). The Morgan fingerprint density at radius 2 is 1.77 bits per heavy atom. The first-order chi connectivity index (χ1) is 10.5. The van der Waals surface area contributed by atoms with E-state index in [0.717, 1.165) is 5.56 Å². The summed E-state index contributed by atoms with van der Waals surface area (Å²) in [5.74, 6) is -0.672. The third-order valence-electron chi connectivity index (χ3n) is 3.14. The largest absolute Gasteiger partial charge is 0.484 e. The molecule has 22 heavy (non-hydrogen) atoms. The SMILES string of the molecule is Cc1ccc(OCC(=O)Nc2ccc(C(=O)O)cc2C)cc1. The van der Waals surface area contributed by atoms with Crippen LogP contribution in [0.1, 0.15) is 21.5 Å². The van der Waals surface area contributed by atoms with E-state index in [0.29, 0.717) is 17.0 Å². The number of carbonyl (C=O) groups excluding carboxylic acids is 1. The summed E-state index contributed by atoms with van der Waals surface area (Å²) in [6.45, 7) is 3.60. The van der Waals surface area contributed by atoms with Crippen LogP contribution in [0.25, 0.3) is 0 Å². The number of benzene rings is 2. The summed E-state index contributed by atoms with van der Waals surface area (Å²) < 4.78 is 5.39. The fraction of sp³-hybridized carbons (Fsp3) is 0.176. The van der Waals surface area contributed by atoms with Gasteiger partial charge in [0.25, 0.3) is 5.91 Å². The summed E-state index contributed by atoms with van der Waals surface area (Å²) >= 11 is 0. The van der Waals surface area contributed by atoms with Crippen molar-refractivity contribution in [3.05, 3.63) is 59.2 Å². The summed E-state index contributed by atoms with van der Waals surface area (Å²) in [7, 11) is 0. The number of rotatable bonds is 5. The minimum Gasteiger partial charge on any atom is -0.484 e. The number of carboxylic acids is 1. The van der Waals surface area contributed by atoms with Crippen molar-refractivity contribution in [2.75, 3.05) is 11.9 Å². The smallest absolute Gasteiger partial charge is 0.335 e. The van der Waals surface area contributed by atoms with Gasteiger partial charge in [-0.3, -0.25) is 4.79 Å². The molecule has 0 aromatic heterocycles. The monoisotopic (exact) mass is 299 g/mol. The van der Waals surface area contributed by atoms with Crippen LogP contribution < -0.4 is 10.1 Å². The molecule has 114 valence electrons.